The van der Waals surface area contributed by atoms with E-state index in [9.17, 15) is 0 Å². The first-order chi connectivity index (χ1) is 8.26. The SMILES string of the molecule is CCCCCCC(C)Nc1nnc(CNC)o1. The van der Waals surface area contributed by atoms with E-state index in [0.29, 0.717) is 24.5 Å². The third-order valence-electron chi connectivity index (χ3n) is 2.66. The average molecular weight is 240 g/mol. The Hall–Kier alpha value is -1.10. The molecule has 0 amide bonds. The monoisotopic (exact) mass is 240 g/mol. The van der Waals surface area contributed by atoms with Crippen molar-refractivity contribution in [3.8, 4) is 0 Å². The highest BCUT2D eigenvalue weighted by molar-refractivity contribution is 5.18. The van der Waals surface area contributed by atoms with Gasteiger partial charge in [-0.1, -0.05) is 37.7 Å². The lowest BCUT2D eigenvalue weighted by atomic mass is 10.1. The molecule has 0 saturated carbocycles. The van der Waals surface area contributed by atoms with Gasteiger partial charge in [-0.05, 0) is 20.4 Å². The molecular weight excluding hydrogens is 216 g/mol. The Morgan fingerprint density at radius 3 is 2.76 bits per heavy atom. The van der Waals surface area contributed by atoms with Gasteiger partial charge in [0.15, 0.2) is 0 Å². The first-order valence-electron chi connectivity index (χ1n) is 6.49. The Balaban J connectivity index is 2.22. The molecule has 0 spiro atoms. The van der Waals surface area contributed by atoms with E-state index in [-0.39, 0.29) is 0 Å². The molecule has 5 heteroatoms. The van der Waals surface area contributed by atoms with E-state index in [1.807, 2.05) is 7.05 Å². The zero-order chi connectivity index (χ0) is 12.5. The van der Waals surface area contributed by atoms with Crippen LogP contribution in [0.15, 0.2) is 4.42 Å². The molecule has 1 aromatic heterocycles. The van der Waals surface area contributed by atoms with Gasteiger partial charge in [-0.2, -0.15) is 0 Å². The predicted molar refractivity (Wildman–Crippen MR) is 68.9 cm³/mol. The first kappa shape index (κ1) is 14.0. The van der Waals surface area contributed by atoms with Crippen LogP contribution in [0.3, 0.4) is 0 Å². The van der Waals surface area contributed by atoms with Crippen LogP contribution in [0.5, 0.6) is 0 Å². The van der Waals surface area contributed by atoms with Crippen molar-refractivity contribution in [1.29, 1.82) is 0 Å². The maximum Gasteiger partial charge on any atom is 0.315 e. The molecule has 0 fully saturated rings. The second kappa shape index (κ2) is 8.06. The smallest absolute Gasteiger partial charge is 0.315 e. The van der Waals surface area contributed by atoms with Gasteiger partial charge in [-0.25, -0.2) is 0 Å². The van der Waals surface area contributed by atoms with Crippen LogP contribution in [0, 0.1) is 0 Å². The van der Waals surface area contributed by atoms with E-state index in [2.05, 4.69) is 34.7 Å². The van der Waals surface area contributed by atoms with E-state index in [1.54, 1.807) is 0 Å². The summed E-state index contributed by atoms with van der Waals surface area (Å²) in [5, 5.41) is 14.1. The van der Waals surface area contributed by atoms with Crippen LogP contribution in [0.2, 0.25) is 0 Å². The molecule has 1 rings (SSSR count). The Morgan fingerprint density at radius 2 is 2.06 bits per heavy atom. The highest BCUT2D eigenvalue weighted by Crippen LogP contribution is 2.11. The lowest BCUT2D eigenvalue weighted by Gasteiger charge is -2.10. The third-order valence-corrected chi connectivity index (χ3v) is 2.66. The molecule has 98 valence electrons. The number of rotatable bonds is 9. The molecule has 5 nitrogen and oxygen atoms in total. The fourth-order valence-electron chi connectivity index (χ4n) is 1.69. The molecule has 1 atom stereocenters. The van der Waals surface area contributed by atoms with Crippen LogP contribution in [0.1, 0.15) is 51.8 Å². The summed E-state index contributed by atoms with van der Waals surface area (Å²) in [6.07, 6.45) is 6.29. The van der Waals surface area contributed by atoms with Gasteiger partial charge in [-0.3, -0.25) is 0 Å². The lowest BCUT2D eigenvalue weighted by molar-refractivity contribution is 0.481. The maximum atomic E-state index is 5.43. The van der Waals surface area contributed by atoms with E-state index in [0.717, 1.165) is 6.42 Å². The van der Waals surface area contributed by atoms with Gasteiger partial charge in [0.1, 0.15) is 0 Å². The summed E-state index contributed by atoms with van der Waals surface area (Å²) < 4.78 is 5.43. The summed E-state index contributed by atoms with van der Waals surface area (Å²) in [4.78, 5) is 0. The number of nitrogens with one attached hydrogen (secondary N) is 2. The van der Waals surface area contributed by atoms with E-state index >= 15 is 0 Å². The summed E-state index contributed by atoms with van der Waals surface area (Å²) in [5.74, 6) is 0.619. The van der Waals surface area contributed by atoms with Crippen LogP contribution in [0.25, 0.3) is 0 Å². The fourth-order valence-corrected chi connectivity index (χ4v) is 1.69. The standard InChI is InChI=1S/C12H24N4O/c1-4-5-6-7-8-10(2)14-12-16-15-11(17-12)9-13-3/h10,13H,4-9H2,1-3H3,(H,14,16). The zero-order valence-electron chi connectivity index (χ0n) is 11.1. The lowest BCUT2D eigenvalue weighted by Crippen LogP contribution is -2.15. The van der Waals surface area contributed by atoms with E-state index in [4.69, 9.17) is 4.42 Å². The summed E-state index contributed by atoms with van der Waals surface area (Å²) in [6.45, 7) is 4.98. The molecule has 0 radical (unpaired) electrons. The largest absolute Gasteiger partial charge is 0.407 e. The van der Waals surface area contributed by atoms with Crippen molar-refractivity contribution < 1.29 is 4.42 Å². The molecule has 1 heterocycles. The second-order valence-corrected chi connectivity index (χ2v) is 4.43. The molecule has 0 aliphatic heterocycles. The molecule has 0 aliphatic rings. The van der Waals surface area contributed by atoms with Gasteiger partial charge < -0.3 is 15.1 Å². The zero-order valence-corrected chi connectivity index (χ0v) is 11.1. The predicted octanol–water partition coefficient (Wildman–Crippen LogP) is 2.56. The van der Waals surface area contributed by atoms with Crippen molar-refractivity contribution in [1.82, 2.24) is 15.5 Å². The normalized spacial score (nSPS) is 12.6. The summed E-state index contributed by atoms with van der Waals surface area (Å²) in [7, 11) is 1.85. The third kappa shape index (κ3) is 5.68. The molecule has 17 heavy (non-hydrogen) atoms. The minimum absolute atomic E-state index is 0.384. The van der Waals surface area contributed by atoms with Crippen LogP contribution in [-0.2, 0) is 6.54 Å². The van der Waals surface area contributed by atoms with Gasteiger partial charge in [-0.15, -0.1) is 5.10 Å². The van der Waals surface area contributed by atoms with Gasteiger partial charge in [0.2, 0.25) is 5.89 Å². The minimum Gasteiger partial charge on any atom is -0.407 e. The average Bonchev–Trinajstić information content (AvgIpc) is 2.73. The van der Waals surface area contributed by atoms with Gasteiger partial charge in [0.25, 0.3) is 0 Å². The quantitative estimate of drug-likeness (QED) is 0.649. The Kier molecular flexibility index (Phi) is 6.62. The summed E-state index contributed by atoms with van der Waals surface area (Å²) in [5.41, 5.74) is 0. The molecule has 0 aliphatic carbocycles. The van der Waals surface area contributed by atoms with Crippen molar-refractivity contribution in [2.45, 2.75) is 58.5 Å². The van der Waals surface area contributed by atoms with E-state index in [1.165, 1.54) is 25.7 Å². The van der Waals surface area contributed by atoms with Crippen LogP contribution in [0.4, 0.5) is 6.01 Å². The molecule has 2 N–H and O–H groups in total. The van der Waals surface area contributed by atoms with Crippen molar-refractivity contribution >= 4 is 6.01 Å². The van der Waals surface area contributed by atoms with Gasteiger partial charge >= 0.3 is 6.01 Å². The molecule has 0 saturated heterocycles. The maximum absolute atomic E-state index is 5.43. The highest BCUT2D eigenvalue weighted by atomic mass is 16.4. The van der Waals surface area contributed by atoms with E-state index < -0.39 is 0 Å². The van der Waals surface area contributed by atoms with Crippen LogP contribution in [-0.4, -0.2) is 23.3 Å². The van der Waals surface area contributed by atoms with Gasteiger partial charge in [0, 0.05) is 6.04 Å². The van der Waals surface area contributed by atoms with Crippen molar-refractivity contribution in [2.75, 3.05) is 12.4 Å². The van der Waals surface area contributed by atoms with Crippen LogP contribution >= 0.6 is 0 Å². The second-order valence-electron chi connectivity index (χ2n) is 4.43. The van der Waals surface area contributed by atoms with Crippen LogP contribution < -0.4 is 10.6 Å². The molecular formula is C12H24N4O. The number of hydrogen-bond acceptors (Lipinski definition) is 5. The molecule has 1 aromatic rings. The molecule has 0 bridgehead atoms. The number of hydrogen-bond donors (Lipinski definition) is 2. The number of anilines is 1. The summed E-state index contributed by atoms with van der Waals surface area (Å²) >= 11 is 0. The molecule has 0 aromatic carbocycles. The summed E-state index contributed by atoms with van der Waals surface area (Å²) in [6, 6.07) is 0.910. The number of aromatic nitrogens is 2. The highest BCUT2D eigenvalue weighted by Gasteiger charge is 2.08. The fraction of sp³-hybridized carbons (Fsp3) is 0.833. The van der Waals surface area contributed by atoms with Gasteiger partial charge in [0.05, 0.1) is 6.54 Å². The number of unbranched alkanes of at least 4 members (excludes halogenated alkanes) is 3. The Morgan fingerprint density at radius 1 is 1.24 bits per heavy atom. The van der Waals surface area contributed by atoms with Crippen molar-refractivity contribution in [2.24, 2.45) is 0 Å². The Bertz CT molecular complexity index is 300. The number of nitrogens with zero attached hydrogens (tertiary/aromatic N) is 2. The molecule has 1 unspecified atom stereocenters. The first-order valence-corrected chi connectivity index (χ1v) is 6.49. The Labute approximate surface area is 103 Å². The van der Waals surface area contributed by atoms with Crippen molar-refractivity contribution in [3.05, 3.63) is 5.89 Å². The minimum atomic E-state index is 0.384. The topological polar surface area (TPSA) is 63.0 Å². The van der Waals surface area contributed by atoms with Crippen molar-refractivity contribution in [3.63, 3.8) is 0 Å².